The van der Waals surface area contributed by atoms with Crippen LogP contribution >= 0.6 is 0 Å². The fraction of sp³-hybridized carbons (Fsp3) is 0.917. The van der Waals surface area contributed by atoms with Crippen LogP contribution in [0, 0.1) is 11.8 Å². The average Bonchev–Trinajstić information content (AvgIpc) is 2.17. The minimum absolute atomic E-state index is 0.107. The van der Waals surface area contributed by atoms with Crippen molar-refractivity contribution in [3.05, 3.63) is 0 Å². The Labute approximate surface area is 86.0 Å². The van der Waals surface area contributed by atoms with E-state index in [2.05, 4.69) is 0 Å². The minimum Gasteiger partial charge on any atom is -0.463 e. The van der Waals surface area contributed by atoms with Crippen LogP contribution in [0.2, 0.25) is 0 Å². The van der Waals surface area contributed by atoms with E-state index in [4.69, 9.17) is 4.74 Å². The Morgan fingerprint density at radius 1 is 1.07 bits per heavy atom. The third kappa shape index (κ3) is 2.28. The fourth-order valence-electron chi connectivity index (χ4n) is 3.17. The van der Waals surface area contributed by atoms with Crippen LogP contribution in [0.5, 0.6) is 0 Å². The Balaban J connectivity index is 1.86. The number of hydrogen-bond donors (Lipinski definition) is 0. The first kappa shape index (κ1) is 10.0. The van der Waals surface area contributed by atoms with Gasteiger partial charge in [0.2, 0.25) is 0 Å². The highest BCUT2D eigenvalue weighted by molar-refractivity contribution is 5.66. The predicted octanol–water partition coefficient (Wildman–Crippen LogP) is 2.91. The van der Waals surface area contributed by atoms with Crippen molar-refractivity contribution in [2.24, 2.45) is 11.8 Å². The van der Waals surface area contributed by atoms with Crippen LogP contribution in [0.25, 0.3) is 0 Å². The molecule has 0 heterocycles. The highest BCUT2D eigenvalue weighted by atomic mass is 16.5. The van der Waals surface area contributed by atoms with Gasteiger partial charge in [0.15, 0.2) is 0 Å². The molecule has 2 nitrogen and oxygen atoms in total. The second-order valence-electron chi connectivity index (χ2n) is 4.85. The van der Waals surface area contributed by atoms with E-state index in [1.165, 1.54) is 39.0 Å². The van der Waals surface area contributed by atoms with Gasteiger partial charge in [0, 0.05) is 6.92 Å². The summed E-state index contributed by atoms with van der Waals surface area (Å²) in [5, 5.41) is 0. The van der Waals surface area contributed by atoms with Gasteiger partial charge in [0.1, 0.15) is 6.10 Å². The van der Waals surface area contributed by atoms with E-state index in [-0.39, 0.29) is 12.1 Å². The van der Waals surface area contributed by atoms with E-state index in [0.717, 1.165) is 24.7 Å². The van der Waals surface area contributed by atoms with Crippen molar-refractivity contribution in [1.29, 1.82) is 0 Å². The number of carbonyl (C=O) groups is 1. The molecular weight excluding hydrogens is 176 g/mol. The first-order valence-electron chi connectivity index (χ1n) is 5.93. The van der Waals surface area contributed by atoms with Crippen molar-refractivity contribution in [3.63, 3.8) is 0 Å². The summed E-state index contributed by atoms with van der Waals surface area (Å²) >= 11 is 0. The lowest BCUT2D eigenvalue weighted by Gasteiger charge is -2.38. The van der Waals surface area contributed by atoms with Crippen molar-refractivity contribution in [2.75, 3.05) is 0 Å². The van der Waals surface area contributed by atoms with Gasteiger partial charge in [0.05, 0.1) is 0 Å². The number of carbonyl (C=O) groups excluding carboxylic acids is 1. The first-order chi connectivity index (χ1) is 6.75. The molecule has 0 spiro atoms. The molecule has 0 amide bonds. The molecule has 2 aliphatic carbocycles. The Morgan fingerprint density at radius 2 is 1.79 bits per heavy atom. The SMILES string of the molecule is CC(=O)OC1CCC2CCCCC2C1. The zero-order valence-electron chi connectivity index (χ0n) is 9.00. The molecule has 2 aliphatic rings. The number of ether oxygens (including phenoxy) is 1. The summed E-state index contributed by atoms with van der Waals surface area (Å²) in [5.41, 5.74) is 0. The van der Waals surface area contributed by atoms with Crippen LogP contribution in [0.15, 0.2) is 0 Å². The molecule has 2 saturated carbocycles. The predicted molar refractivity (Wildman–Crippen MR) is 54.9 cm³/mol. The number of rotatable bonds is 1. The first-order valence-corrected chi connectivity index (χ1v) is 5.93. The zero-order valence-corrected chi connectivity index (χ0v) is 9.00. The maximum absolute atomic E-state index is 10.8. The van der Waals surface area contributed by atoms with Crippen LogP contribution in [0.3, 0.4) is 0 Å². The second kappa shape index (κ2) is 4.33. The molecule has 0 radical (unpaired) electrons. The number of fused-ring (bicyclic) bond motifs is 1. The van der Waals surface area contributed by atoms with Crippen LogP contribution < -0.4 is 0 Å². The van der Waals surface area contributed by atoms with Crippen LogP contribution in [-0.2, 0) is 9.53 Å². The molecule has 3 unspecified atom stereocenters. The van der Waals surface area contributed by atoms with Gasteiger partial charge in [-0.05, 0) is 31.1 Å². The molecule has 2 rings (SSSR count). The molecule has 2 fully saturated rings. The largest absolute Gasteiger partial charge is 0.463 e. The third-order valence-electron chi connectivity index (χ3n) is 3.82. The topological polar surface area (TPSA) is 26.3 Å². The lowest BCUT2D eigenvalue weighted by molar-refractivity contribution is -0.149. The molecule has 2 heteroatoms. The molecule has 14 heavy (non-hydrogen) atoms. The van der Waals surface area contributed by atoms with Crippen molar-refractivity contribution in [2.45, 2.75) is 58.0 Å². The summed E-state index contributed by atoms with van der Waals surface area (Å²) in [7, 11) is 0. The monoisotopic (exact) mass is 196 g/mol. The summed E-state index contributed by atoms with van der Waals surface area (Å²) in [4.78, 5) is 10.8. The van der Waals surface area contributed by atoms with Gasteiger partial charge < -0.3 is 4.74 Å². The van der Waals surface area contributed by atoms with Gasteiger partial charge in [-0.15, -0.1) is 0 Å². The van der Waals surface area contributed by atoms with Crippen molar-refractivity contribution >= 4 is 5.97 Å². The molecule has 0 N–H and O–H groups in total. The molecule has 0 bridgehead atoms. The van der Waals surface area contributed by atoms with E-state index in [0.29, 0.717) is 0 Å². The van der Waals surface area contributed by atoms with E-state index in [1.54, 1.807) is 0 Å². The Hall–Kier alpha value is -0.530. The van der Waals surface area contributed by atoms with Crippen molar-refractivity contribution in [1.82, 2.24) is 0 Å². The highest BCUT2D eigenvalue weighted by Crippen LogP contribution is 2.41. The van der Waals surface area contributed by atoms with Gasteiger partial charge in [-0.25, -0.2) is 0 Å². The van der Waals surface area contributed by atoms with Gasteiger partial charge in [0.25, 0.3) is 0 Å². The minimum atomic E-state index is -0.107. The zero-order chi connectivity index (χ0) is 9.97. The molecule has 80 valence electrons. The average molecular weight is 196 g/mol. The lowest BCUT2D eigenvalue weighted by atomic mass is 9.70. The van der Waals surface area contributed by atoms with E-state index < -0.39 is 0 Å². The fourth-order valence-corrected chi connectivity index (χ4v) is 3.17. The maximum atomic E-state index is 10.8. The molecule has 3 atom stereocenters. The summed E-state index contributed by atoms with van der Waals surface area (Å²) in [6.45, 7) is 1.52. The Kier molecular flexibility index (Phi) is 3.09. The quantitative estimate of drug-likeness (QED) is 0.603. The number of hydrogen-bond acceptors (Lipinski definition) is 2. The Bertz CT molecular complexity index is 212. The molecule has 0 aromatic rings. The van der Waals surface area contributed by atoms with Gasteiger partial charge >= 0.3 is 5.97 Å². The van der Waals surface area contributed by atoms with E-state index >= 15 is 0 Å². The third-order valence-corrected chi connectivity index (χ3v) is 3.82. The van der Waals surface area contributed by atoms with Gasteiger partial charge in [-0.3, -0.25) is 4.79 Å². The van der Waals surface area contributed by atoms with Crippen molar-refractivity contribution in [3.8, 4) is 0 Å². The highest BCUT2D eigenvalue weighted by Gasteiger charge is 2.33. The van der Waals surface area contributed by atoms with Crippen LogP contribution in [-0.4, -0.2) is 12.1 Å². The van der Waals surface area contributed by atoms with Crippen LogP contribution in [0.4, 0.5) is 0 Å². The van der Waals surface area contributed by atoms with E-state index in [9.17, 15) is 4.79 Å². The normalized spacial score (nSPS) is 37.4. The molecular formula is C12H20O2. The van der Waals surface area contributed by atoms with Crippen molar-refractivity contribution < 1.29 is 9.53 Å². The van der Waals surface area contributed by atoms with Gasteiger partial charge in [-0.2, -0.15) is 0 Å². The smallest absolute Gasteiger partial charge is 0.302 e. The molecule has 0 aliphatic heterocycles. The standard InChI is InChI=1S/C12H20O2/c1-9(13)14-12-7-6-10-4-2-3-5-11(10)8-12/h10-12H,2-8H2,1H3. The summed E-state index contributed by atoms with van der Waals surface area (Å²) in [6.07, 6.45) is 9.31. The molecule has 0 aromatic heterocycles. The second-order valence-corrected chi connectivity index (χ2v) is 4.85. The summed E-state index contributed by atoms with van der Waals surface area (Å²) in [6, 6.07) is 0. The number of esters is 1. The maximum Gasteiger partial charge on any atom is 0.302 e. The molecule has 0 aromatic carbocycles. The van der Waals surface area contributed by atoms with E-state index in [1.807, 2.05) is 0 Å². The van der Waals surface area contributed by atoms with Crippen LogP contribution in [0.1, 0.15) is 51.9 Å². The van der Waals surface area contributed by atoms with Gasteiger partial charge in [-0.1, -0.05) is 25.7 Å². The molecule has 0 saturated heterocycles. The Morgan fingerprint density at radius 3 is 2.50 bits per heavy atom. The summed E-state index contributed by atoms with van der Waals surface area (Å²) in [5.74, 6) is 1.68. The lowest BCUT2D eigenvalue weighted by Crippen LogP contribution is -2.32. The summed E-state index contributed by atoms with van der Waals surface area (Å²) < 4.78 is 5.30.